The molecule has 1 rings (SSSR count). The Morgan fingerprint density at radius 3 is 2.69 bits per heavy atom. The summed E-state index contributed by atoms with van der Waals surface area (Å²) >= 11 is 11.4. The summed E-state index contributed by atoms with van der Waals surface area (Å²) in [4.78, 5) is 10.6. The van der Waals surface area contributed by atoms with E-state index >= 15 is 0 Å². The highest BCUT2D eigenvalue weighted by Gasteiger charge is 2.19. The second kappa shape index (κ2) is 6.09. The summed E-state index contributed by atoms with van der Waals surface area (Å²) in [6.45, 7) is 0. The first kappa shape index (κ1) is 13.3. The molecule has 0 radical (unpaired) electrons. The van der Waals surface area contributed by atoms with E-state index in [2.05, 4.69) is 0 Å². The minimum Gasteiger partial charge on any atom is -0.479 e. The van der Waals surface area contributed by atoms with E-state index in [-0.39, 0.29) is 10.6 Å². The predicted molar refractivity (Wildman–Crippen MR) is 63.1 cm³/mol. The zero-order chi connectivity index (χ0) is 12.1. The lowest BCUT2D eigenvalue weighted by atomic mass is 10.0. The number of rotatable bonds is 5. The molecule has 0 saturated heterocycles. The maximum absolute atomic E-state index is 10.6. The summed E-state index contributed by atoms with van der Waals surface area (Å²) in [5, 5.41) is 18.4. The van der Waals surface area contributed by atoms with Crippen molar-refractivity contribution in [2.75, 3.05) is 5.88 Å². The Bertz CT molecular complexity index is 379. The van der Waals surface area contributed by atoms with Gasteiger partial charge in [-0.2, -0.15) is 0 Å². The number of carboxylic acid groups (broad SMARTS) is 1. The van der Waals surface area contributed by atoms with Crippen molar-refractivity contribution in [3.05, 3.63) is 34.3 Å². The molecule has 88 valence electrons. The number of aliphatic hydroxyl groups is 1. The third kappa shape index (κ3) is 3.37. The van der Waals surface area contributed by atoms with E-state index in [0.29, 0.717) is 5.88 Å². The van der Waals surface area contributed by atoms with Crippen LogP contribution in [0.1, 0.15) is 23.7 Å². The van der Waals surface area contributed by atoms with Gasteiger partial charge in [0.05, 0.1) is 0 Å². The standard InChI is InChI=1S/C11H12Cl2O3/c12-5-1-2-7-3-4-9(13)8(6-7)10(14)11(15)16/h3-4,6,10,14H,1-2,5H2,(H,15,16). The van der Waals surface area contributed by atoms with Gasteiger partial charge < -0.3 is 10.2 Å². The molecule has 0 aliphatic carbocycles. The van der Waals surface area contributed by atoms with Crippen LogP contribution in [0.2, 0.25) is 5.02 Å². The van der Waals surface area contributed by atoms with Gasteiger partial charge in [0.25, 0.3) is 0 Å². The van der Waals surface area contributed by atoms with E-state index in [1.807, 2.05) is 0 Å². The van der Waals surface area contributed by atoms with E-state index in [4.69, 9.17) is 28.3 Å². The van der Waals surface area contributed by atoms with Gasteiger partial charge in [0.15, 0.2) is 6.10 Å². The zero-order valence-electron chi connectivity index (χ0n) is 8.49. The van der Waals surface area contributed by atoms with Gasteiger partial charge in [0, 0.05) is 16.5 Å². The van der Waals surface area contributed by atoms with E-state index in [1.54, 1.807) is 18.2 Å². The second-order valence-electron chi connectivity index (χ2n) is 3.39. The average Bonchev–Trinajstić information content (AvgIpc) is 2.27. The molecule has 0 bridgehead atoms. The fraction of sp³-hybridized carbons (Fsp3) is 0.364. The largest absolute Gasteiger partial charge is 0.479 e. The number of hydrogen-bond acceptors (Lipinski definition) is 2. The number of aryl methyl sites for hydroxylation is 1. The van der Waals surface area contributed by atoms with Crippen LogP contribution in [0.3, 0.4) is 0 Å². The molecule has 0 spiro atoms. The van der Waals surface area contributed by atoms with Crippen LogP contribution in [0.4, 0.5) is 0 Å². The second-order valence-corrected chi connectivity index (χ2v) is 4.17. The van der Waals surface area contributed by atoms with Gasteiger partial charge in [0.2, 0.25) is 0 Å². The third-order valence-electron chi connectivity index (χ3n) is 2.19. The quantitative estimate of drug-likeness (QED) is 0.803. The Labute approximate surface area is 104 Å². The maximum Gasteiger partial charge on any atom is 0.337 e. The Morgan fingerprint density at radius 1 is 1.44 bits per heavy atom. The normalized spacial score (nSPS) is 12.4. The first-order valence-electron chi connectivity index (χ1n) is 4.81. The molecule has 3 nitrogen and oxygen atoms in total. The molecule has 1 aromatic carbocycles. The van der Waals surface area contributed by atoms with Crippen molar-refractivity contribution in [3.8, 4) is 0 Å². The summed E-state index contributed by atoms with van der Waals surface area (Å²) in [5.41, 5.74) is 1.14. The van der Waals surface area contributed by atoms with Crippen LogP contribution in [0.15, 0.2) is 18.2 Å². The lowest BCUT2D eigenvalue weighted by molar-refractivity contribution is -0.146. The summed E-state index contributed by atoms with van der Waals surface area (Å²) in [5.74, 6) is -0.768. The van der Waals surface area contributed by atoms with Gasteiger partial charge in [-0.1, -0.05) is 23.7 Å². The van der Waals surface area contributed by atoms with Crippen LogP contribution in [0, 0.1) is 0 Å². The molecule has 1 atom stereocenters. The number of aliphatic carboxylic acids is 1. The lowest BCUT2D eigenvalue weighted by Gasteiger charge is -2.10. The first-order chi connectivity index (χ1) is 7.56. The van der Waals surface area contributed by atoms with Crippen molar-refractivity contribution in [2.45, 2.75) is 18.9 Å². The molecule has 0 aliphatic rings. The van der Waals surface area contributed by atoms with E-state index in [9.17, 15) is 9.90 Å². The molecule has 1 unspecified atom stereocenters. The molecule has 2 N–H and O–H groups in total. The molecule has 0 aromatic heterocycles. The van der Waals surface area contributed by atoms with Crippen molar-refractivity contribution in [1.29, 1.82) is 0 Å². The maximum atomic E-state index is 10.6. The molecular formula is C11H12Cl2O3. The topological polar surface area (TPSA) is 57.5 Å². The molecular weight excluding hydrogens is 251 g/mol. The van der Waals surface area contributed by atoms with Gasteiger partial charge in [-0.3, -0.25) is 0 Å². The highest BCUT2D eigenvalue weighted by Crippen LogP contribution is 2.25. The molecule has 0 saturated carbocycles. The number of halogens is 2. The summed E-state index contributed by atoms with van der Waals surface area (Å²) < 4.78 is 0. The number of aliphatic hydroxyl groups excluding tert-OH is 1. The Balaban J connectivity index is 2.94. The lowest BCUT2D eigenvalue weighted by Crippen LogP contribution is -2.11. The minimum atomic E-state index is -1.58. The SMILES string of the molecule is O=C(O)C(O)c1cc(CCCCl)ccc1Cl. The number of carbonyl (C=O) groups is 1. The van der Waals surface area contributed by atoms with Crippen molar-refractivity contribution in [3.63, 3.8) is 0 Å². The number of carboxylic acids is 1. The Hall–Kier alpha value is -0.770. The molecule has 1 aromatic rings. The minimum absolute atomic E-state index is 0.223. The van der Waals surface area contributed by atoms with E-state index in [1.165, 1.54) is 0 Å². The van der Waals surface area contributed by atoms with Crippen LogP contribution in [0.25, 0.3) is 0 Å². The number of benzene rings is 1. The van der Waals surface area contributed by atoms with Gasteiger partial charge in [0.1, 0.15) is 0 Å². The van der Waals surface area contributed by atoms with Crippen LogP contribution in [0.5, 0.6) is 0 Å². The number of alkyl halides is 1. The van der Waals surface area contributed by atoms with Crippen molar-refractivity contribution in [1.82, 2.24) is 0 Å². The predicted octanol–water partition coefficient (Wildman–Crippen LogP) is 2.63. The van der Waals surface area contributed by atoms with Crippen molar-refractivity contribution in [2.24, 2.45) is 0 Å². The van der Waals surface area contributed by atoms with Crippen LogP contribution >= 0.6 is 23.2 Å². The van der Waals surface area contributed by atoms with Gasteiger partial charge in [-0.05, 0) is 24.5 Å². The summed E-state index contributed by atoms with van der Waals surface area (Å²) in [7, 11) is 0. The van der Waals surface area contributed by atoms with Gasteiger partial charge >= 0.3 is 5.97 Å². The van der Waals surface area contributed by atoms with Gasteiger partial charge in [-0.25, -0.2) is 4.79 Å². The highest BCUT2D eigenvalue weighted by molar-refractivity contribution is 6.31. The first-order valence-corrected chi connectivity index (χ1v) is 5.72. The number of hydrogen-bond donors (Lipinski definition) is 2. The monoisotopic (exact) mass is 262 g/mol. The molecule has 5 heteroatoms. The van der Waals surface area contributed by atoms with E-state index < -0.39 is 12.1 Å². The van der Waals surface area contributed by atoms with Gasteiger partial charge in [-0.15, -0.1) is 11.6 Å². The Kier molecular flexibility index (Phi) is 5.06. The smallest absolute Gasteiger partial charge is 0.337 e. The van der Waals surface area contributed by atoms with Crippen LogP contribution in [-0.4, -0.2) is 22.1 Å². The molecule has 16 heavy (non-hydrogen) atoms. The fourth-order valence-electron chi connectivity index (χ4n) is 1.36. The van der Waals surface area contributed by atoms with E-state index in [0.717, 1.165) is 18.4 Å². The van der Waals surface area contributed by atoms with Crippen LogP contribution < -0.4 is 0 Å². The van der Waals surface area contributed by atoms with Crippen LogP contribution in [-0.2, 0) is 11.2 Å². The summed E-state index contributed by atoms with van der Waals surface area (Å²) in [6.07, 6.45) is -0.0466. The molecule has 0 fully saturated rings. The average molecular weight is 263 g/mol. The summed E-state index contributed by atoms with van der Waals surface area (Å²) in [6, 6.07) is 4.99. The highest BCUT2D eigenvalue weighted by atomic mass is 35.5. The molecule has 0 heterocycles. The van der Waals surface area contributed by atoms with Crippen molar-refractivity contribution < 1.29 is 15.0 Å². The van der Waals surface area contributed by atoms with Crippen molar-refractivity contribution >= 4 is 29.2 Å². The zero-order valence-corrected chi connectivity index (χ0v) is 10.0. The molecule has 0 aliphatic heterocycles. The Morgan fingerprint density at radius 2 is 2.12 bits per heavy atom. The fourth-order valence-corrected chi connectivity index (χ4v) is 1.72. The third-order valence-corrected chi connectivity index (χ3v) is 2.80. The molecule has 0 amide bonds.